The normalized spacial score (nSPS) is 23.3. The van der Waals surface area contributed by atoms with Gasteiger partial charge in [0.1, 0.15) is 11.6 Å². The zero-order valence-electron chi connectivity index (χ0n) is 18.5. The summed E-state index contributed by atoms with van der Waals surface area (Å²) in [6, 6.07) is 2.03. The van der Waals surface area contributed by atoms with Gasteiger partial charge < -0.3 is 10.1 Å². The molecular formula is C23H30N6O2. The van der Waals surface area contributed by atoms with E-state index in [1.165, 1.54) is 0 Å². The van der Waals surface area contributed by atoms with Gasteiger partial charge in [0.05, 0.1) is 5.69 Å². The van der Waals surface area contributed by atoms with Crippen molar-refractivity contribution in [3.63, 3.8) is 0 Å². The molecule has 1 saturated carbocycles. The smallest absolute Gasteiger partial charge is 0.240 e. The van der Waals surface area contributed by atoms with E-state index in [2.05, 4.69) is 45.4 Å². The number of hydrogen-bond acceptors (Lipinski definition) is 6. The molecule has 4 rings (SSSR count). The number of carbonyl (C=O) groups excluding carboxylic acids is 1. The molecule has 1 aliphatic heterocycles. The van der Waals surface area contributed by atoms with Gasteiger partial charge in [0.2, 0.25) is 11.8 Å². The number of nitrogens with one attached hydrogen (secondary N) is 1. The third kappa shape index (κ3) is 5.22. The van der Waals surface area contributed by atoms with Crippen LogP contribution in [0, 0.1) is 24.7 Å². The number of nitrogens with zero attached hydrogens (tertiary/aromatic N) is 5. The number of aromatic nitrogens is 3. The molecule has 3 heterocycles. The standard InChI is InChI=1S/C23H30N6O2/c1-5-6-8-23(27-28-23)9-7-20(30)25-17-13-18(15-22(3,4)14-17)31-21-19-12-16(2)26-29(19)11-10-24-21/h1,10-12,17-18H,6-9,13-15H2,2-4H3,(H,25,30). The number of hydrogen-bond donors (Lipinski definition) is 1. The Morgan fingerprint density at radius 2 is 2.16 bits per heavy atom. The highest BCUT2D eigenvalue weighted by molar-refractivity contribution is 5.76. The number of ether oxygens (including phenoxy) is 1. The number of terminal acetylenes is 1. The van der Waals surface area contributed by atoms with E-state index in [4.69, 9.17) is 11.2 Å². The van der Waals surface area contributed by atoms with Crippen LogP contribution in [-0.2, 0) is 4.79 Å². The van der Waals surface area contributed by atoms with E-state index in [9.17, 15) is 4.79 Å². The van der Waals surface area contributed by atoms with Crippen LogP contribution in [0.1, 0.15) is 64.5 Å². The fourth-order valence-electron chi connectivity index (χ4n) is 4.60. The second kappa shape index (κ2) is 8.29. The van der Waals surface area contributed by atoms with Crippen molar-refractivity contribution in [2.45, 2.75) is 83.5 Å². The second-order valence-electron chi connectivity index (χ2n) is 9.55. The summed E-state index contributed by atoms with van der Waals surface area (Å²) in [6.45, 7) is 6.38. The summed E-state index contributed by atoms with van der Waals surface area (Å²) in [5, 5.41) is 15.9. The minimum Gasteiger partial charge on any atom is -0.473 e. The molecule has 0 spiro atoms. The van der Waals surface area contributed by atoms with Crippen molar-refractivity contribution in [2.75, 3.05) is 0 Å². The summed E-state index contributed by atoms with van der Waals surface area (Å²) < 4.78 is 8.11. The SMILES string of the molecule is C#CCCC1(CCC(=O)NC2CC(Oc3nccn4nc(C)cc34)CC(C)(C)C2)N=N1. The van der Waals surface area contributed by atoms with E-state index in [1.54, 1.807) is 10.7 Å². The zero-order valence-corrected chi connectivity index (χ0v) is 18.5. The van der Waals surface area contributed by atoms with Gasteiger partial charge in [0, 0.05) is 50.5 Å². The Morgan fingerprint density at radius 3 is 2.90 bits per heavy atom. The molecule has 31 heavy (non-hydrogen) atoms. The van der Waals surface area contributed by atoms with Crippen molar-refractivity contribution in [2.24, 2.45) is 15.6 Å². The van der Waals surface area contributed by atoms with E-state index in [-0.39, 0.29) is 23.5 Å². The van der Waals surface area contributed by atoms with Crippen LogP contribution < -0.4 is 10.1 Å². The Bertz CT molecular complexity index is 1030. The largest absolute Gasteiger partial charge is 0.473 e. The van der Waals surface area contributed by atoms with Crippen molar-refractivity contribution in [1.82, 2.24) is 19.9 Å². The molecule has 1 N–H and O–H groups in total. The fourth-order valence-corrected chi connectivity index (χ4v) is 4.60. The maximum Gasteiger partial charge on any atom is 0.240 e. The third-order valence-corrected chi connectivity index (χ3v) is 6.05. The van der Waals surface area contributed by atoms with Gasteiger partial charge in [-0.25, -0.2) is 9.50 Å². The number of carbonyl (C=O) groups is 1. The summed E-state index contributed by atoms with van der Waals surface area (Å²) in [6.07, 6.45) is 13.8. The van der Waals surface area contributed by atoms with Crippen LogP contribution in [0.2, 0.25) is 0 Å². The van der Waals surface area contributed by atoms with Gasteiger partial charge in [0.15, 0.2) is 5.66 Å². The molecule has 8 nitrogen and oxygen atoms in total. The lowest BCUT2D eigenvalue weighted by molar-refractivity contribution is -0.122. The van der Waals surface area contributed by atoms with Crippen molar-refractivity contribution >= 4 is 11.4 Å². The first kappa shape index (κ1) is 21.3. The number of aryl methyl sites for hydroxylation is 1. The molecule has 1 aliphatic carbocycles. The number of rotatable bonds is 8. The zero-order chi connectivity index (χ0) is 22.1. The first-order valence-electron chi connectivity index (χ1n) is 10.9. The Hall–Kier alpha value is -2.95. The van der Waals surface area contributed by atoms with Gasteiger partial charge in [-0.1, -0.05) is 13.8 Å². The van der Waals surface area contributed by atoms with E-state index in [0.29, 0.717) is 25.1 Å². The molecule has 0 aromatic carbocycles. The van der Waals surface area contributed by atoms with E-state index >= 15 is 0 Å². The molecule has 2 aliphatic rings. The highest BCUT2D eigenvalue weighted by Crippen LogP contribution is 2.39. The average Bonchev–Trinajstić information content (AvgIpc) is 3.36. The Labute approximate surface area is 182 Å². The highest BCUT2D eigenvalue weighted by atomic mass is 16.5. The van der Waals surface area contributed by atoms with Crippen molar-refractivity contribution in [1.29, 1.82) is 0 Å². The van der Waals surface area contributed by atoms with E-state index in [0.717, 1.165) is 36.9 Å². The number of amides is 1. The predicted octanol–water partition coefficient (Wildman–Crippen LogP) is 3.84. The lowest BCUT2D eigenvalue weighted by Gasteiger charge is -2.40. The topological polar surface area (TPSA) is 93.2 Å². The molecule has 164 valence electrons. The lowest BCUT2D eigenvalue weighted by Crippen LogP contribution is -2.46. The van der Waals surface area contributed by atoms with Crippen molar-refractivity contribution < 1.29 is 9.53 Å². The molecule has 1 amide bonds. The van der Waals surface area contributed by atoms with Crippen LogP contribution >= 0.6 is 0 Å². The first-order valence-corrected chi connectivity index (χ1v) is 10.9. The minimum atomic E-state index is -0.422. The van der Waals surface area contributed by atoms with Crippen LogP contribution in [0.5, 0.6) is 5.88 Å². The lowest BCUT2D eigenvalue weighted by atomic mass is 9.73. The van der Waals surface area contributed by atoms with Crippen LogP contribution in [0.15, 0.2) is 28.7 Å². The molecule has 2 aromatic heterocycles. The molecule has 1 fully saturated rings. The number of fused-ring (bicyclic) bond motifs is 1. The molecule has 2 aromatic rings. The molecule has 0 saturated heterocycles. The van der Waals surface area contributed by atoms with E-state index in [1.807, 2.05) is 19.2 Å². The molecule has 0 radical (unpaired) electrons. The Kier molecular flexibility index (Phi) is 5.69. The molecule has 8 heteroatoms. The Morgan fingerprint density at radius 1 is 1.35 bits per heavy atom. The molecule has 2 unspecified atom stereocenters. The second-order valence-corrected chi connectivity index (χ2v) is 9.55. The molecular weight excluding hydrogens is 392 g/mol. The van der Waals surface area contributed by atoms with Gasteiger partial charge in [-0.2, -0.15) is 15.3 Å². The van der Waals surface area contributed by atoms with Crippen molar-refractivity contribution in [3.8, 4) is 18.2 Å². The summed E-state index contributed by atoms with van der Waals surface area (Å²) in [7, 11) is 0. The van der Waals surface area contributed by atoms with Gasteiger partial charge in [-0.05, 0) is 31.2 Å². The summed E-state index contributed by atoms with van der Waals surface area (Å²) in [5.41, 5.74) is 1.41. The van der Waals surface area contributed by atoms with Crippen LogP contribution in [0.25, 0.3) is 5.52 Å². The molecule has 2 atom stereocenters. The van der Waals surface area contributed by atoms with Gasteiger partial charge in [-0.15, -0.1) is 12.3 Å². The first-order chi connectivity index (χ1) is 14.8. The summed E-state index contributed by atoms with van der Waals surface area (Å²) >= 11 is 0. The Balaban J connectivity index is 1.36. The quantitative estimate of drug-likeness (QED) is 0.654. The monoisotopic (exact) mass is 422 g/mol. The molecule has 0 bridgehead atoms. The summed E-state index contributed by atoms with van der Waals surface area (Å²) in [5.74, 6) is 3.24. The third-order valence-electron chi connectivity index (χ3n) is 6.05. The highest BCUT2D eigenvalue weighted by Gasteiger charge is 2.40. The average molecular weight is 423 g/mol. The van der Waals surface area contributed by atoms with Crippen LogP contribution in [0.4, 0.5) is 0 Å². The van der Waals surface area contributed by atoms with Gasteiger partial charge in [-0.3, -0.25) is 4.79 Å². The maximum atomic E-state index is 12.6. The van der Waals surface area contributed by atoms with Gasteiger partial charge in [0.25, 0.3) is 0 Å². The fraction of sp³-hybridized carbons (Fsp3) is 0.609. The predicted molar refractivity (Wildman–Crippen MR) is 117 cm³/mol. The maximum absolute atomic E-state index is 12.6. The van der Waals surface area contributed by atoms with Gasteiger partial charge >= 0.3 is 0 Å². The minimum absolute atomic E-state index is 0.0293. The van der Waals surface area contributed by atoms with Crippen LogP contribution in [0.3, 0.4) is 0 Å². The van der Waals surface area contributed by atoms with E-state index < -0.39 is 5.66 Å². The summed E-state index contributed by atoms with van der Waals surface area (Å²) in [4.78, 5) is 17.0. The van der Waals surface area contributed by atoms with Crippen LogP contribution in [-0.4, -0.2) is 38.3 Å². The van der Waals surface area contributed by atoms with Crippen molar-refractivity contribution in [3.05, 3.63) is 24.2 Å².